The Hall–Kier alpha value is -1.96. The predicted octanol–water partition coefficient (Wildman–Crippen LogP) is 0.601. The van der Waals surface area contributed by atoms with Crippen LogP contribution >= 0.6 is 0 Å². The molecule has 1 aliphatic rings. The number of β-amino-alcohol motifs (C(OH)–C–C–N with tert-alkyl or cyclic N) is 1. The van der Waals surface area contributed by atoms with E-state index >= 15 is 0 Å². The Morgan fingerprint density at radius 1 is 1.28 bits per heavy atom. The third-order valence-electron chi connectivity index (χ3n) is 2.51. The van der Waals surface area contributed by atoms with Crippen LogP contribution < -0.4 is 0 Å². The minimum absolute atomic E-state index is 0.00984. The molecule has 1 atom stereocenters. The van der Waals surface area contributed by atoms with Gasteiger partial charge in [0.2, 0.25) is 0 Å². The zero-order valence-electron chi connectivity index (χ0n) is 8.81. The third kappa shape index (κ3) is 1.94. The van der Waals surface area contributed by atoms with E-state index in [0.717, 1.165) is 6.20 Å². The van der Waals surface area contributed by atoms with E-state index < -0.39 is 30.6 Å². The molecule has 1 aromatic heterocycles. The Bertz CT molecular complexity index is 480. The maximum Gasteiger partial charge on any atom is 0.416 e. The summed E-state index contributed by atoms with van der Waals surface area (Å²) >= 11 is 0. The summed E-state index contributed by atoms with van der Waals surface area (Å²) < 4.78 is 36.5. The summed E-state index contributed by atoms with van der Waals surface area (Å²) in [7, 11) is 0. The Morgan fingerprint density at radius 3 is 2.44 bits per heavy atom. The van der Waals surface area contributed by atoms with Gasteiger partial charge in [-0.15, -0.1) is 0 Å². The lowest BCUT2D eigenvalue weighted by Gasteiger charge is -2.20. The number of hydrogen-bond donors (Lipinski definition) is 1. The number of aliphatic hydroxyl groups excluding tert-OH is 1. The number of imide groups is 1. The highest BCUT2D eigenvalue weighted by atomic mass is 19.4. The smallest absolute Gasteiger partial charge is 0.382 e. The second kappa shape index (κ2) is 4.05. The summed E-state index contributed by atoms with van der Waals surface area (Å²) in [4.78, 5) is 27.3. The van der Waals surface area contributed by atoms with Crippen molar-refractivity contribution in [1.29, 1.82) is 0 Å². The highest BCUT2D eigenvalue weighted by molar-refractivity contribution is 6.21. The summed E-state index contributed by atoms with van der Waals surface area (Å²) in [5.74, 6) is -1.74. The fraction of sp³-hybridized carbons (Fsp3) is 0.300. The fourth-order valence-electron chi connectivity index (χ4n) is 1.58. The fourth-order valence-corrected chi connectivity index (χ4v) is 1.58. The Labute approximate surface area is 98.8 Å². The molecule has 0 radical (unpaired) electrons. The predicted molar refractivity (Wildman–Crippen MR) is 51.7 cm³/mol. The van der Waals surface area contributed by atoms with E-state index in [-0.39, 0.29) is 11.1 Å². The summed E-state index contributed by atoms with van der Waals surface area (Å²) in [6.45, 7) is -1.12. The number of carbonyl (C=O) groups is 2. The Kier molecular flexibility index (Phi) is 2.81. The Balaban J connectivity index is 2.24. The molecule has 2 heterocycles. The monoisotopic (exact) mass is 260 g/mol. The van der Waals surface area contributed by atoms with Crippen molar-refractivity contribution in [2.24, 2.45) is 0 Å². The molecule has 1 aliphatic heterocycles. The molecule has 2 rings (SSSR count). The van der Waals surface area contributed by atoms with Gasteiger partial charge in [0.1, 0.15) is 0 Å². The van der Waals surface area contributed by atoms with Crippen molar-refractivity contribution in [2.45, 2.75) is 12.3 Å². The van der Waals surface area contributed by atoms with Gasteiger partial charge in [0, 0.05) is 12.4 Å². The largest absolute Gasteiger partial charge is 0.416 e. The molecule has 8 heteroatoms. The molecular formula is C10H7F3N2O3. The number of nitrogens with zero attached hydrogens (tertiary/aromatic N) is 2. The van der Waals surface area contributed by atoms with Crippen LogP contribution in [0.3, 0.4) is 0 Å². The molecule has 5 nitrogen and oxygen atoms in total. The van der Waals surface area contributed by atoms with Gasteiger partial charge in [-0.2, -0.15) is 13.2 Å². The van der Waals surface area contributed by atoms with Crippen LogP contribution in [0.5, 0.6) is 0 Å². The molecule has 0 saturated heterocycles. The normalized spacial score (nSPS) is 17.0. The zero-order chi connectivity index (χ0) is 13.5. The molecule has 1 aromatic rings. The first-order chi connectivity index (χ1) is 8.32. The molecule has 0 fully saturated rings. The third-order valence-corrected chi connectivity index (χ3v) is 2.51. The highest BCUT2D eigenvalue weighted by Crippen LogP contribution is 2.25. The van der Waals surface area contributed by atoms with Crippen molar-refractivity contribution < 1.29 is 27.9 Å². The van der Waals surface area contributed by atoms with Crippen LogP contribution in [0.2, 0.25) is 0 Å². The van der Waals surface area contributed by atoms with Crippen molar-refractivity contribution >= 4 is 11.8 Å². The van der Waals surface area contributed by atoms with Gasteiger partial charge in [-0.25, -0.2) is 0 Å². The van der Waals surface area contributed by atoms with Gasteiger partial charge in [-0.05, 0) is 6.07 Å². The second-order valence-electron chi connectivity index (χ2n) is 3.70. The molecular weight excluding hydrogens is 253 g/mol. The number of alkyl halides is 3. The van der Waals surface area contributed by atoms with E-state index in [9.17, 15) is 22.8 Å². The average molecular weight is 260 g/mol. The van der Waals surface area contributed by atoms with E-state index in [1.165, 1.54) is 12.3 Å². The number of aliphatic hydroxyl groups is 1. The standard InChI is InChI=1S/C10H7F3N2O3/c11-10(12,13)7(16)4-15-8(17)5-1-2-14-3-6(5)9(15)18/h1-3,7,16H,4H2. The molecule has 1 unspecified atom stereocenters. The summed E-state index contributed by atoms with van der Waals surface area (Å²) in [6, 6.07) is 1.25. The summed E-state index contributed by atoms with van der Waals surface area (Å²) in [5.41, 5.74) is -0.0683. The van der Waals surface area contributed by atoms with Gasteiger partial charge in [0.15, 0.2) is 6.10 Å². The minimum Gasteiger partial charge on any atom is -0.382 e. The van der Waals surface area contributed by atoms with Crippen LogP contribution in [0.15, 0.2) is 18.5 Å². The molecule has 0 bridgehead atoms. The van der Waals surface area contributed by atoms with E-state index in [2.05, 4.69) is 4.98 Å². The van der Waals surface area contributed by atoms with E-state index in [1.807, 2.05) is 0 Å². The van der Waals surface area contributed by atoms with E-state index in [0.29, 0.717) is 4.90 Å². The summed E-state index contributed by atoms with van der Waals surface area (Å²) in [5, 5.41) is 8.87. The summed E-state index contributed by atoms with van der Waals surface area (Å²) in [6.07, 6.45) is -5.27. The van der Waals surface area contributed by atoms with Crippen LogP contribution in [0.4, 0.5) is 13.2 Å². The van der Waals surface area contributed by atoms with E-state index in [4.69, 9.17) is 5.11 Å². The lowest BCUT2D eigenvalue weighted by atomic mass is 10.2. The van der Waals surface area contributed by atoms with Crippen LogP contribution in [0.25, 0.3) is 0 Å². The second-order valence-corrected chi connectivity index (χ2v) is 3.70. The highest BCUT2D eigenvalue weighted by Gasteiger charge is 2.44. The zero-order valence-corrected chi connectivity index (χ0v) is 8.81. The Morgan fingerprint density at radius 2 is 1.89 bits per heavy atom. The van der Waals surface area contributed by atoms with Crippen LogP contribution in [0.1, 0.15) is 20.7 Å². The number of hydrogen-bond acceptors (Lipinski definition) is 4. The van der Waals surface area contributed by atoms with Gasteiger partial charge in [0.05, 0.1) is 17.7 Å². The molecule has 0 saturated carbocycles. The molecule has 0 spiro atoms. The van der Waals surface area contributed by atoms with Crippen molar-refractivity contribution in [3.05, 3.63) is 29.6 Å². The topological polar surface area (TPSA) is 70.5 Å². The van der Waals surface area contributed by atoms with Crippen molar-refractivity contribution in [3.8, 4) is 0 Å². The van der Waals surface area contributed by atoms with Gasteiger partial charge in [-0.3, -0.25) is 19.5 Å². The number of halogens is 3. The average Bonchev–Trinajstić information content (AvgIpc) is 2.54. The maximum atomic E-state index is 12.2. The number of rotatable bonds is 2. The molecule has 0 aliphatic carbocycles. The van der Waals surface area contributed by atoms with Gasteiger partial charge in [-0.1, -0.05) is 0 Å². The number of aromatic nitrogens is 1. The number of fused-ring (bicyclic) bond motifs is 1. The molecule has 1 N–H and O–H groups in total. The lowest BCUT2D eigenvalue weighted by molar-refractivity contribution is -0.204. The first-order valence-electron chi connectivity index (χ1n) is 4.87. The quantitative estimate of drug-likeness (QED) is 0.790. The van der Waals surface area contributed by atoms with Crippen molar-refractivity contribution in [1.82, 2.24) is 9.88 Å². The molecule has 18 heavy (non-hydrogen) atoms. The van der Waals surface area contributed by atoms with E-state index in [1.54, 1.807) is 0 Å². The van der Waals surface area contributed by atoms with Gasteiger partial charge < -0.3 is 5.11 Å². The van der Waals surface area contributed by atoms with Crippen molar-refractivity contribution in [2.75, 3.05) is 6.54 Å². The van der Waals surface area contributed by atoms with Crippen LogP contribution in [0, 0.1) is 0 Å². The number of carbonyl (C=O) groups excluding carboxylic acids is 2. The number of pyridine rings is 1. The lowest BCUT2D eigenvalue weighted by Crippen LogP contribution is -2.43. The van der Waals surface area contributed by atoms with Crippen LogP contribution in [-0.2, 0) is 0 Å². The first kappa shape index (κ1) is 12.5. The maximum absolute atomic E-state index is 12.2. The van der Waals surface area contributed by atoms with Crippen LogP contribution in [-0.4, -0.2) is 45.6 Å². The molecule has 2 amide bonds. The van der Waals surface area contributed by atoms with Crippen molar-refractivity contribution in [3.63, 3.8) is 0 Å². The number of amides is 2. The SMILES string of the molecule is O=C1c2ccncc2C(=O)N1CC(O)C(F)(F)F. The molecule has 96 valence electrons. The minimum atomic E-state index is -4.88. The van der Waals surface area contributed by atoms with Gasteiger partial charge >= 0.3 is 6.18 Å². The first-order valence-corrected chi connectivity index (χ1v) is 4.87. The van der Waals surface area contributed by atoms with Gasteiger partial charge in [0.25, 0.3) is 11.8 Å². The molecule has 0 aromatic carbocycles.